The minimum absolute atomic E-state index is 0.0834. The first-order valence-corrected chi connectivity index (χ1v) is 5.67. The molecule has 0 aliphatic heterocycles. The molecule has 16 heavy (non-hydrogen) atoms. The molecular weight excluding hydrogens is 204 g/mol. The summed E-state index contributed by atoms with van der Waals surface area (Å²) in [7, 11) is 1.91. The number of amides is 1. The maximum Gasteiger partial charge on any atom is 0.220 e. The summed E-state index contributed by atoms with van der Waals surface area (Å²) in [6.07, 6.45) is 7.08. The predicted octanol–water partition coefficient (Wildman–Crippen LogP) is 0.555. The summed E-state index contributed by atoms with van der Waals surface area (Å²) in [4.78, 5) is 15.6. The quantitative estimate of drug-likeness (QED) is 0.664. The Labute approximate surface area is 96.0 Å². The summed E-state index contributed by atoms with van der Waals surface area (Å²) < 4.78 is 1.90. The van der Waals surface area contributed by atoms with Gasteiger partial charge in [-0.05, 0) is 19.4 Å². The fourth-order valence-electron chi connectivity index (χ4n) is 1.44. The lowest BCUT2D eigenvalue weighted by atomic mass is 10.2. The van der Waals surface area contributed by atoms with Crippen LogP contribution in [0.25, 0.3) is 0 Å². The van der Waals surface area contributed by atoms with E-state index in [-0.39, 0.29) is 5.91 Å². The Morgan fingerprint density at radius 1 is 1.50 bits per heavy atom. The van der Waals surface area contributed by atoms with Gasteiger partial charge >= 0.3 is 0 Å². The molecule has 90 valence electrons. The van der Waals surface area contributed by atoms with Gasteiger partial charge in [-0.1, -0.05) is 6.42 Å². The number of carbonyl (C=O) groups excluding carboxylic acids is 1. The smallest absolute Gasteiger partial charge is 0.220 e. The molecule has 5 nitrogen and oxygen atoms in total. The summed E-state index contributed by atoms with van der Waals surface area (Å²) in [6, 6.07) is 0. The third kappa shape index (κ3) is 4.44. The molecule has 1 rings (SSSR count). The molecule has 0 aliphatic rings. The molecule has 3 N–H and O–H groups in total. The highest BCUT2D eigenvalue weighted by Crippen LogP contribution is 1.99. The van der Waals surface area contributed by atoms with Crippen LogP contribution in [0.15, 0.2) is 12.4 Å². The molecular formula is C11H20N4O. The van der Waals surface area contributed by atoms with Gasteiger partial charge < -0.3 is 15.6 Å². The largest absolute Gasteiger partial charge is 0.349 e. The van der Waals surface area contributed by atoms with E-state index in [0.29, 0.717) is 19.5 Å². The summed E-state index contributed by atoms with van der Waals surface area (Å²) in [5.74, 6) is 0.954. The van der Waals surface area contributed by atoms with Crippen LogP contribution < -0.4 is 11.1 Å². The zero-order valence-corrected chi connectivity index (χ0v) is 9.78. The number of rotatable bonds is 7. The molecule has 0 unspecified atom stereocenters. The molecule has 0 bridgehead atoms. The minimum Gasteiger partial charge on any atom is -0.349 e. The number of nitrogens with one attached hydrogen (secondary N) is 1. The van der Waals surface area contributed by atoms with Crippen molar-refractivity contribution < 1.29 is 4.79 Å². The van der Waals surface area contributed by atoms with E-state index in [1.54, 1.807) is 6.20 Å². The highest BCUT2D eigenvalue weighted by molar-refractivity contribution is 5.75. The van der Waals surface area contributed by atoms with E-state index in [9.17, 15) is 4.79 Å². The predicted molar refractivity (Wildman–Crippen MR) is 62.6 cm³/mol. The molecule has 0 aliphatic carbocycles. The number of aromatic nitrogens is 2. The van der Waals surface area contributed by atoms with Gasteiger partial charge in [0.15, 0.2) is 0 Å². The van der Waals surface area contributed by atoms with Crippen molar-refractivity contribution in [3.63, 3.8) is 0 Å². The number of hydrogen-bond acceptors (Lipinski definition) is 3. The molecule has 0 atom stereocenters. The van der Waals surface area contributed by atoms with Gasteiger partial charge in [-0.2, -0.15) is 0 Å². The van der Waals surface area contributed by atoms with Crippen LogP contribution in [0.3, 0.4) is 0 Å². The van der Waals surface area contributed by atoms with Crippen molar-refractivity contribution in [3.05, 3.63) is 18.2 Å². The van der Waals surface area contributed by atoms with E-state index in [2.05, 4.69) is 10.3 Å². The normalized spacial score (nSPS) is 10.4. The average molecular weight is 224 g/mol. The van der Waals surface area contributed by atoms with Gasteiger partial charge in [0.05, 0.1) is 6.54 Å². The highest BCUT2D eigenvalue weighted by atomic mass is 16.1. The van der Waals surface area contributed by atoms with Gasteiger partial charge in [0.25, 0.3) is 0 Å². The van der Waals surface area contributed by atoms with E-state index in [4.69, 9.17) is 5.73 Å². The van der Waals surface area contributed by atoms with Crippen molar-refractivity contribution in [2.24, 2.45) is 12.8 Å². The average Bonchev–Trinajstić information content (AvgIpc) is 2.67. The third-order valence-electron chi connectivity index (χ3n) is 2.47. The zero-order valence-electron chi connectivity index (χ0n) is 9.78. The van der Waals surface area contributed by atoms with Gasteiger partial charge in [0.1, 0.15) is 5.82 Å². The Kier molecular flexibility index (Phi) is 5.56. The number of unbranched alkanes of at least 4 members (excludes halogenated alkanes) is 2. The van der Waals surface area contributed by atoms with Crippen LogP contribution in [0.1, 0.15) is 31.5 Å². The zero-order chi connectivity index (χ0) is 11.8. The molecule has 1 aromatic rings. The second kappa shape index (κ2) is 7.00. The Morgan fingerprint density at radius 3 is 2.94 bits per heavy atom. The Hall–Kier alpha value is -1.36. The number of carbonyl (C=O) groups is 1. The van der Waals surface area contributed by atoms with Crippen molar-refractivity contribution >= 4 is 5.91 Å². The fraction of sp³-hybridized carbons (Fsp3) is 0.636. The first-order valence-electron chi connectivity index (χ1n) is 5.67. The Bertz CT molecular complexity index is 322. The van der Waals surface area contributed by atoms with Crippen LogP contribution in [-0.2, 0) is 18.4 Å². The SMILES string of the molecule is Cn1ccnc1CNC(=O)CCCCCN. The number of imidazole rings is 1. The summed E-state index contributed by atoms with van der Waals surface area (Å²) in [5.41, 5.74) is 5.37. The number of nitrogens with zero attached hydrogens (tertiary/aromatic N) is 2. The lowest BCUT2D eigenvalue weighted by Gasteiger charge is -2.05. The number of aryl methyl sites for hydroxylation is 1. The molecule has 0 spiro atoms. The molecule has 0 saturated heterocycles. The molecule has 1 heterocycles. The first-order chi connectivity index (χ1) is 7.74. The van der Waals surface area contributed by atoms with Crippen molar-refractivity contribution in [2.45, 2.75) is 32.2 Å². The van der Waals surface area contributed by atoms with Gasteiger partial charge in [0.2, 0.25) is 5.91 Å². The summed E-state index contributed by atoms with van der Waals surface area (Å²) in [5, 5.41) is 2.85. The van der Waals surface area contributed by atoms with E-state index in [1.165, 1.54) is 0 Å². The summed E-state index contributed by atoms with van der Waals surface area (Å²) >= 11 is 0. The molecule has 1 aromatic heterocycles. The minimum atomic E-state index is 0.0834. The third-order valence-corrected chi connectivity index (χ3v) is 2.47. The van der Waals surface area contributed by atoms with Crippen LogP contribution in [0.5, 0.6) is 0 Å². The van der Waals surface area contributed by atoms with Gasteiger partial charge in [0, 0.05) is 25.9 Å². The Balaban J connectivity index is 2.13. The number of nitrogens with two attached hydrogens (primary N) is 1. The number of hydrogen-bond donors (Lipinski definition) is 2. The topological polar surface area (TPSA) is 72.9 Å². The monoisotopic (exact) mass is 224 g/mol. The molecule has 0 aromatic carbocycles. The maximum absolute atomic E-state index is 11.4. The second-order valence-electron chi connectivity index (χ2n) is 3.83. The van der Waals surface area contributed by atoms with Crippen molar-refractivity contribution in [2.75, 3.05) is 6.54 Å². The molecule has 5 heteroatoms. The van der Waals surface area contributed by atoms with Crippen LogP contribution >= 0.6 is 0 Å². The van der Waals surface area contributed by atoms with Crippen LogP contribution in [-0.4, -0.2) is 22.0 Å². The van der Waals surface area contributed by atoms with Crippen molar-refractivity contribution in [3.8, 4) is 0 Å². The highest BCUT2D eigenvalue weighted by Gasteiger charge is 2.03. The Morgan fingerprint density at radius 2 is 2.31 bits per heavy atom. The van der Waals surface area contributed by atoms with Crippen LogP contribution in [0.4, 0.5) is 0 Å². The molecule has 1 amide bonds. The fourth-order valence-corrected chi connectivity index (χ4v) is 1.44. The van der Waals surface area contributed by atoms with Crippen LogP contribution in [0.2, 0.25) is 0 Å². The van der Waals surface area contributed by atoms with Gasteiger partial charge in [-0.3, -0.25) is 4.79 Å². The molecule has 0 fully saturated rings. The lowest BCUT2D eigenvalue weighted by molar-refractivity contribution is -0.121. The lowest BCUT2D eigenvalue weighted by Crippen LogP contribution is -2.24. The van der Waals surface area contributed by atoms with E-state index >= 15 is 0 Å². The van der Waals surface area contributed by atoms with E-state index < -0.39 is 0 Å². The van der Waals surface area contributed by atoms with E-state index in [1.807, 2.05) is 17.8 Å². The van der Waals surface area contributed by atoms with E-state index in [0.717, 1.165) is 25.1 Å². The van der Waals surface area contributed by atoms with Gasteiger partial charge in [-0.15, -0.1) is 0 Å². The standard InChI is InChI=1S/C11H20N4O/c1-15-8-7-13-10(15)9-14-11(16)5-3-2-4-6-12/h7-8H,2-6,9,12H2,1H3,(H,14,16). The molecule has 0 radical (unpaired) electrons. The van der Waals surface area contributed by atoms with Crippen LogP contribution in [0, 0.1) is 0 Å². The van der Waals surface area contributed by atoms with Gasteiger partial charge in [-0.25, -0.2) is 4.98 Å². The second-order valence-corrected chi connectivity index (χ2v) is 3.83. The first kappa shape index (κ1) is 12.7. The van der Waals surface area contributed by atoms with Crippen molar-refractivity contribution in [1.29, 1.82) is 0 Å². The maximum atomic E-state index is 11.4. The summed E-state index contributed by atoms with van der Waals surface area (Å²) in [6.45, 7) is 1.20. The molecule has 0 saturated carbocycles. The van der Waals surface area contributed by atoms with Crippen molar-refractivity contribution in [1.82, 2.24) is 14.9 Å².